The zero-order valence-electron chi connectivity index (χ0n) is 13.9. The van der Waals surface area contributed by atoms with Gasteiger partial charge in [-0.3, -0.25) is 0 Å². The van der Waals surface area contributed by atoms with Crippen LogP contribution in [0.4, 0.5) is 0 Å². The van der Waals surface area contributed by atoms with Gasteiger partial charge < -0.3 is 0 Å². The molecule has 1 aromatic rings. The molecule has 6 nitrogen and oxygen atoms in total. The van der Waals surface area contributed by atoms with E-state index in [1.807, 2.05) is 37.3 Å². The zero-order chi connectivity index (χ0) is 17.5. The van der Waals surface area contributed by atoms with Crippen LogP contribution in [0.5, 0.6) is 0 Å². The monoisotopic (exact) mass is 362 g/mol. The molecule has 132 valence electrons. The van der Waals surface area contributed by atoms with Gasteiger partial charge in [0, 0.05) is 19.1 Å². The lowest BCUT2D eigenvalue weighted by Gasteiger charge is -2.27. The molecule has 8 heteroatoms. The van der Waals surface area contributed by atoms with Crippen molar-refractivity contribution in [3.05, 3.63) is 35.9 Å². The molecule has 0 radical (unpaired) electrons. The molecule has 1 atom stereocenters. The Morgan fingerprint density at radius 3 is 2.26 bits per heavy atom. The highest BCUT2D eigenvalue weighted by atomic mass is 32.2. The molecule has 0 aliphatic rings. The highest BCUT2D eigenvalue weighted by Gasteiger charge is 2.24. The molecule has 0 saturated carbocycles. The summed E-state index contributed by atoms with van der Waals surface area (Å²) in [7, 11) is -6.80. The Labute approximate surface area is 140 Å². The van der Waals surface area contributed by atoms with Crippen LogP contribution in [0, 0.1) is 0 Å². The van der Waals surface area contributed by atoms with Crippen molar-refractivity contribution in [2.45, 2.75) is 32.7 Å². The summed E-state index contributed by atoms with van der Waals surface area (Å²) >= 11 is 0. The summed E-state index contributed by atoms with van der Waals surface area (Å²) in [6.45, 7) is 3.88. The van der Waals surface area contributed by atoms with E-state index in [9.17, 15) is 16.8 Å². The average Bonchev–Trinajstić information content (AvgIpc) is 2.48. The van der Waals surface area contributed by atoms with E-state index in [-0.39, 0.29) is 24.9 Å². The van der Waals surface area contributed by atoms with E-state index in [0.717, 1.165) is 18.2 Å². The fraction of sp³-hybridized carbons (Fsp3) is 0.600. The Morgan fingerprint density at radius 2 is 1.74 bits per heavy atom. The van der Waals surface area contributed by atoms with E-state index in [1.165, 1.54) is 4.31 Å². The van der Waals surface area contributed by atoms with Gasteiger partial charge in [-0.25, -0.2) is 21.6 Å². The van der Waals surface area contributed by atoms with Crippen LogP contribution in [0.25, 0.3) is 0 Å². The third-order valence-electron chi connectivity index (χ3n) is 3.56. The van der Waals surface area contributed by atoms with Gasteiger partial charge in [0.15, 0.2) is 0 Å². The molecule has 0 spiro atoms. The van der Waals surface area contributed by atoms with Crippen LogP contribution in [0.3, 0.4) is 0 Å². The predicted molar refractivity (Wildman–Crippen MR) is 93.1 cm³/mol. The molecule has 0 amide bonds. The third kappa shape index (κ3) is 6.99. The molecule has 0 aliphatic carbocycles. The van der Waals surface area contributed by atoms with Crippen LogP contribution in [0.1, 0.15) is 38.3 Å². The minimum absolute atomic E-state index is 0.0658. The van der Waals surface area contributed by atoms with Gasteiger partial charge in [0.1, 0.15) is 0 Å². The van der Waals surface area contributed by atoms with Crippen molar-refractivity contribution >= 4 is 20.0 Å². The molecular formula is C15H26N2O4S2. The first kappa shape index (κ1) is 20.1. The Kier molecular flexibility index (Phi) is 7.66. The first-order valence-electron chi connectivity index (χ1n) is 7.66. The van der Waals surface area contributed by atoms with Crippen molar-refractivity contribution in [1.82, 2.24) is 9.03 Å². The average molecular weight is 363 g/mol. The lowest BCUT2D eigenvalue weighted by atomic mass is 10.1. The van der Waals surface area contributed by atoms with Crippen LogP contribution in [0.2, 0.25) is 0 Å². The van der Waals surface area contributed by atoms with E-state index in [4.69, 9.17) is 0 Å². The van der Waals surface area contributed by atoms with Crippen molar-refractivity contribution in [2.75, 3.05) is 25.1 Å². The summed E-state index contributed by atoms with van der Waals surface area (Å²) in [5.74, 6) is 0.0661. The zero-order valence-corrected chi connectivity index (χ0v) is 15.5. The van der Waals surface area contributed by atoms with Crippen LogP contribution in [-0.2, 0) is 20.0 Å². The summed E-state index contributed by atoms with van der Waals surface area (Å²) in [5, 5.41) is 0. The Balaban J connectivity index is 2.74. The van der Waals surface area contributed by atoms with Gasteiger partial charge in [-0.05, 0) is 18.9 Å². The van der Waals surface area contributed by atoms with Gasteiger partial charge in [-0.15, -0.1) is 0 Å². The normalized spacial score (nSPS) is 14.1. The second kappa shape index (κ2) is 8.77. The largest absolute Gasteiger partial charge is 0.214 e. The number of benzene rings is 1. The molecular weight excluding hydrogens is 336 g/mol. The van der Waals surface area contributed by atoms with Crippen molar-refractivity contribution in [3.8, 4) is 0 Å². The maximum Gasteiger partial charge on any atom is 0.211 e. The van der Waals surface area contributed by atoms with E-state index in [0.29, 0.717) is 6.42 Å². The number of hydrogen-bond acceptors (Lipinski definition) is 4. The van der Waals surface area contributed by atoms with Crippen molar-refractivity contribution in [3.63, 3.8) is 0 Å². The maximum absolute atomic E-state index is 12.0. The quantitative estimate of drug-likeness (QED) is 0.687. The lowest BCUT2D eigenvalue weighted by Crippen LogP contribution is -2.40. The molecule has 0 saturated heterocycles. The first-order chi connectivity index (χ1) is 10.7. The lowest BCUT2D eigenvalue weighted by molar-refractivity contribution is 0.348. The standard InChI is InChI=1S/C15H26N2O4S2/c1-4-5-13-23(20,21)16-11-12-17(22(3,18)19)14(2)15-9-7-6-8-10-15/h6-10,14,16H,4-5,11-13H2,1-3H3. The SMILES string of the molecule is CCCCS(=O)(=O)NCCN(C(C)c1ccccc1)S(C)(=O)=O. The van der Waals surface area contributed by atoms with Gasteiger partial charge in [0.05, 0.1) is 12.0 Å². The minimum Gasteiger partial charge on any atom is -0.214 e. The summed E-state index contributed by atoms with van der Waals surface area (Å²) in [5.41, 5.74) is 0.867. The molecule has 0 fully saturated rings. The molecule has 23 heavy (non-hydrogen) atoms. The van der Waals surface area contributed by atoms with Crippen LogP contribution < -0.4 is 4.72 Å². The van der Waals surface area contributed by atoms with Gasteiger partial charge in [-0.2, -0.15) is 4.31 Å². The van der Waals surface area contributed by atoms with Crippen LogP contribution in [0.15, 0.2) is 30.3 Å². The van der Waals surface area contributed by atoms with Crippen molar-refractivity contribution in [1.29, 1.82) is 0 Å². The van der Waals surface area contributed by atoms with Crippen LogP contribution in [-0.4, -0.2) is 46.2 Å². The van der Waals surface area contributed by atoms with Crippen LogP contribution >= 0.6 is 0 Å². The van der Waals surface area contributed by atoms with E-state index in [2.05, 4.69) is 4.72 Å². The third-order valence-corrected chi connectivity index (χ3v) is 6.38. The Bertz CT molecular complexity index is 673. The number of rotatable bonds is 10. The van der Waals surface area contributed by atoms with Gasteiger partial charge in [-0.1, -0.05) is 43.7 Å². The highest BCUT2D eigenvalue weighted by Crippen LogP contribution is 2.21. The topological polar surface area (TPSA) is 83.6 Å². The summed E-state index contributed by atoms with van der Waals surface area (Å²) in [6.07, 6.45) is 2.52. The smallest absolute Gasteiger partial charge is 0.211 e. The second-order valence-corrected chi connectivity index (χ2v) is 9.39. The molecule has 0 bridgehead atoms. The Hall–Kier alpha value is -0.960. The minimum atomic E-state index is -3.45. The fourth-order valence-corrected chi connectivity index (χ4v) is 4.60. The highest BCUT2D eigenvalue weighted by molar-refractivity contribution is 7.89. The molecule has 0 heterocycles. The molecule has 1 N–H and O–H groups in total. The second-order valence-electron chi connectivity index (χ2n) is 5.53. The number of nitrogens with one attached hydrogen (secondary N) is 1. The number of nitrogens with zero attached hydrogens (tertiary/aromatic N) is 1. The summed E-state index contributed by atoms with van der Waals surface area (Å²) in [6, 6.07) is 8.91. The van der Waals surface area contributed by atoms with E-state index in [1.54, 1.807) is 6.92 Å². The summed E-state index contributed by atoms with van der Waals surface area (Å²) < 4.78 is 51.4. The number of unbranched alkanes of at least 4 members (excludes halogenated alkanes) is 1. The molecule has 1 aromatic carbocycles. The summed E-state index contributed by atoms with van der Waals surface area (Å²) in [4.78, 5) is 0. The van der Waals surface area contributed by atoms with Crippen molar-refractivity contribution < 1.29 is 16.8 Å². The van der Waals surface area contributed by atoms with Crippen molar-refractivity contribution in [2.24, 2.45) is 0 Å². The molecule has 0 aliphatic heterocycles. The molecule has 1 rings (SSSR count). The maximum atomic E-state index is 12.0. The Morgan fingerprint density at radius 1 is 1.13 bits per heavy atom. The number of sulfonamides is 2. The predicted octanol–water partition coefficient (Wildman–Crippen LogP) is 1.73. The molecule has 1 unspecified atom stereocenters. The van der Waals surface area contributed by atoms with Gasteiger partial charge in [0.25, 0.3) is 0 Å². The van der Waals surface area contributed by atoms with Gasteiger partial charge in [0.2, 0.25) is 20.0 Å². The van der Waals surface area contributed by atoms with Gasteiger partial charge >= 0.3 is 0 Å². The number of hydrogen-bond donors (Lipinski definition) is 1. The fourth-order valence-electron chi connectivity index (χ4n) is 2.26. The van der Waals surface area contributed by atoms with E-state index >= 15 is 0 Å². The first-order valence-corrected chi connectivity index (χ1v) is 11.2. The van der Waals surface area contributed by atoms with E-state index < -0.39 is 20.0 Å². The molecule has 0 aromatic heterocycles.